The van der Waals surface area contributed by atoms with Crippen LogP contribution in [0.4, 0.5) is 4.39 Å². The molecule has 1 aromatic rings. The maximum Gasteiger partial charge on any atom is 0.184 e. The van der Waals surface area contributed by atoms with Crippen LogP contribution < -0.4 is 11.2 Å². The Bertz CT molecular complexity index is 420. The molecule has 1 aromatic carbocycles. The molecule has 0 heterocycles. The van der Waals surface area contributed by atoms with Gasteiger partial charge in [-0.15, -0.1) is 0 Å². The minimum Gasteiger partial charge on any atom is -0.375 e. The normalized spacial score (nSPS) is 11.3. The van der Waals surface area contributed by atoms with Crippen molar-refractivity contribution >= 4 is 34.6 Å². The first-order valence-electron chi connectivity index (χ1n) is 4.06. The molecule has 0 amide bonds. The minimum absolute atomic E-state index is 0.0531. The van der Waals surface area contributed by atoms with Gasteiger partial charge in [-0.3, -0.25) is 5.43 Å². The first-order chi connectivity index (χ1) is 7.00. The fraction of sp³-hybridized carbons (Fsp3) is 0.111. The van der Waals surface area contributed by atoms with E-state index < -0.39 is 5.82 Å². The lowest BCUT2D eigenvalue weighted by molar-refractivity contribution is 0.628. The van der Waals surface area contributed by atoms with Gasteiger partial charge in [0.05, 0.1) is 10.7 Å². The van der Waals surface area contributed by atoms with Crippen LogP contribution in [0.5, 0.6) is 0 Å². The van der Waals surface area contributed by atoms with E-state index in [1.165, 1.54) is 12.1 Å². The van der Waals surface area contributed by atoms with Gasteiger partial charge in [-0.25, -0.2) is 4.39 Å². The van der Waals surface area contributed by atoms with Crippen molar-refractivity contribution in [3.8, 4) is 0 Å². The fourth-order valence-corrected chi connectivity index (χ4v) is 1.15. The Morgan fingerprint density at radius 3 is 2.80 bits per heavy atom. The Morgan fingerprint density at radius 1 is 1.60 bits per heavy atom. The van der Waals surface area contributed by atoms with Crippen LogP contribution in [0.1, 0.15) is 12.5 Å². The second-order valence-corrected chi connectivity index (χ2v) is 3.65. The summed E-state index contributed by atoms with van der Waals surface area (Å²) in [7, 11) is 0. The number of hydrazone groups is 1. The van der Waals surface area contributed by atoms with Crippen molar-refractivity contribution < 1.29 is 4.39 Å². The lowest BCUT2D eigenvalue weighted by Gasteiger charge is -2.02. The summed E-state index contributed by atoms with van der Waals surface area (Å²) < 4.78 is 12.8. The molecule has 0 aliphatic rings. The summed E-state index contributed by atoms with van der Waals surface area (Å²) in [4.78, 5) is 0. The first kappa shape index (κ1) is 11.9. The van der Waals surface area contributed by atoms with Crippen LogP contribution >= 0.6 is 23.8 Å². The van der Waals surface area contributed by atoms with Crippen LogP contribution in [0.2, 0.25) is 5.02 Å². The van der Waals surface area contributed by atoms with Gasteiger partial charge in [0.1, 0.15) is 5.82 Å². The SMILES string of the molecule is C/C(=N\NC(N)=S)c1ccc(F)c(Cl)c1. The molecular weight excluding hydrogens is 237 g/mol. The number of hydrogen-bond acceptors (Lipinski definition) is 2. The average Bonchev–Trinajstić information content (AvgIpc) is 2.18. The van der Waals surface area contributed by atoms with Crippen molar-refractivity contribution in [3.05, 3.63) is 34.6 Å². The smallest absolute Gasteiger partial charge is 0.184 e. The molecule has 80 valence electrons. The number of rotatable bonds is 2. The zero-order chi connectivity index (χ0) is 11.4. The van der Waals surface area contributed by atoms with E-state index in [-0.39, 0.29) is 10.1 Å². The zero-order valence-corrected chi connectivity index (χ0v) is 9.49. The van der Waals surface area contributed by atoms with Gasteiger partial charge in [0.15, 0.2) is 5.11 Å². The molecule has 0 fully saturated rings. The van der Waals surface area contributed by atoms with Crippen LogP contribution in [0.3, 0.4) is 0 Å². The highest BCUT2D eigenvalue weighted by molar-refractivity contribution is 7.80. The maximum atomic E-state index is 12.8. The molecule has 3 nitrogen and oxygen atoms in total. The average molecular weight is 246 g/mol. The van der Waals surface area contributed by atoms with E-state index in [1.807, 2.05) is 0 Å². The van der Waals surface area contributed by atoms with Gasteiger partial charge in [-0.05, 0) is 36.8 Å². The summed E-state index contributed by atoms with van der Waals surface area (Å²) in [6, 6.07) is 4.33. The van der Waals surface area contributed by atoms with Crippen molar-refractivity contribution in [3.63, 3.8) is 0 Å². The second-order valence-electron chi connectivity index (χ2n) is 2.80. The number of hydrogen-bond donors (Lipinski definition) is 2. The molecule has 0 saturated heterocycles. The first-order valence-corrected chi connectivity index (χ1v) is 4.84. The van der Waals surface area contributed by atoms with Crippen LogP contribution in [0.25, 0.3) is 0 Å². The lowest BCUT2D eigenvalue weighted by Crippen LogP contribution is -2.25. The number of nitrogens with one attached hydrogen (secondary N) is 1. The zero-order valence-electron chi connectivity index (χ0n) is 7.92. The Labute approximate surface area is 97.1 Å². The summed E-state index contributed by atoms with van der Waals surface area (Å²) in [6.07, 6.45) is 0. The molecular formula is C9H9ClFN3S. The van der Waals surface area contributed by atoms with E-state index in [2.05, 4.69) is 22.7 Å². The largest absolute Gasteiger partial charge is 0.375 e. The lowest BCUT2D eigenvalue weighted by atomic mass is 10.1. The molecule has 0 aliphatic carbocycles. The number of halogens is 2. The molecule has 15 heavy (non-hydrogen) atoms. The van der Waals surface area contributed by atoms with Gasteiger partial charge >= 0.3 is 0 Å². The number of nitrogens with zero attached hydrogens (tertiary/aromatic N) is 1. The highest BCUT2D eigenvalue weighted by Crippen LogP contribution is 2.16. The third kappa shape index (κ3) is 3.45. The molecule has 0 spiro atoms. The summed E-state index contributed by atoms with van der Waals surface area (Å²) >= 11 is 10.2. The minimum atomic E-state index is -0.462. The molecule has 3 N–H and O–H groups in total. The Kier molecular flexibility index (Phi) is 3.99. The van der Waals surface area contributed by atoms with Crippen molar-refractivity contribution in [2.24, 2.45) is 10.8 Å². The topological polar surface area (TPSA) is 50.4 Å². The highest BCUT2D eigenvalue weighted by atomic mass is 35.5. The molecule has 0 atom stereocenters. The number of nitrogens with two attached hydrogens (primary N) is 1. The molecule has 0 saturated carbocycles. The van der Waals surface area contributed by atoms with Crippen molar-refractivity contribution in [2.75, 3.05) is 0 Å². The molecule has 0 aliphatic heterocycles. The predicted molar refractivity (Wildman–Crippen MR) is 63.5 cm³/mol. The van der Waals surface area contributed by atoms with Crippen LogP contribution in [0, 0.1) is 5.82 Å². The van der Waals surface area contributed by atoms with Crippen LogP contribution in [0.15, 0.2) is 23.3 Å². The summed E-state index contributed by atoms with van der Waals surface area (Å²) in [5.41, 5.74) is 8.95. The van der Waals surface area contributed by atoms with Crippen LogP contribution in [-0.4, -0.2) is 10.8 Å². The number of benzene rings is 1. The molecule has 6 heteroatoms. The van der Waals surface area contributed by atoms with Gasteiger partial charge < -0.3 is 5.73 Å². The quantitative estimate of drug-likeness (QED) is 0.476. The van der Waals surface area contributed by atoms with Gasteiger partial charge in [0, 0.05) is 0 Å². The Morgan fingerprint density at radius 2 is 2.27 bits per heavy atom. The highest BCUT2D eigenvalue weighted by Gasteiger charge is 2.03. The monoisotopic (exact) mass is 245 g/mol. The Balaban J connectivity index is 2.91. The number of thiocarbonyl (C=S) groups is 1. The van der Waals surface area contributed by atoms with E-state index in [0.29, 0.717) is 11.3 Å². The second kappa shape index (κ2) is 5.04. The van der Waals surface area contributed by atoms with E-state index in [0.717, 1.165) is 0 Å². The van der Waals surface area contributed by atoms with E-state index in [4.69, 9.17) is 17.3 Å². The van der Waals surface area contributed by atoms with Crippen molar-refractivity contribution in [2.45, 2.75) is 6.92 Å². The van der Waals surface area contributed by atoms with Gasteiger partial charge in [0.25, 0.3) is 0 Å². The van der Waals surface area contributed by atoms with E-state index in [9.17, 15) is 4.39 Å². The van der Waals surface area contributed by atoms with Crippen molar-refractivity contribution in [1.29, 1.82) is 0 Å². The third-order valence-electron chi connectivity index (χ3n) is 1.67. The summed E-state index contributed by atoms with van der Waals surface area (Å²) in [5.74, 6) is -0.462. The fourth-order valence-electron chi connectivity index (χ4n) is 0.925. The van der Waals surface area contributed by atoms with Gasteiger partial charge in [-0.1, -0.05) is 17.7 Å². The Hall–Kier alpha value is -1.20. The summed E-state index contributed by atoms with van der Waals surface area (Å²) in [6.45, 7) is 1.73. The molecule has 0 aromatic heterocycles. The third-order valence-corrected chi connectivity index (χ3v) is 2.05. The molecule has 1 rings (SSSR count). The summed E-state index contributed by atoms with van der Waals surface area (Å²) in [5, 5.41) is 4.01. The van der Waals surface area contributed by atoms with E-state index >= 15 is 0 Å². The van der Waals surface area contributed by atoms with Gasteiger partial charge in [-0.2, -0.15) is 5.10 Å². The molecule has 0 unspecified atom stereocenters. The van der Waals surface area contributed by atoms with Crippen LogP contribution in [-0.2, 0) is 0 Å². The molecule has 0 bridgehead atoms. The maximum absolute atomic E-state index is 12.8. The van der Waals surface area contributed by atoms with Gasteiger partial charge in [0.2, 0.25) is 0 Å². The predicted octanol–water partition coefficient (Wildman–Crippen LogP) is 2.04. The standard InChI is InChI=1S/C9H9ClFN3S/c1-5(13-14-9(12)15)6-2-3-8(11)7(10)4-6/h2-4H,1H3,(H3,12,14,15)/b13-5+. The molecule has 0 radical (unpaired) electrons. The van der Waals surface area contributed by atoms with E-state index in [1.54, 1.807) is 13.0 Å². The van der Waals surface area contributed by atoms with Crippen molar-refractivity contribution in [1.82, 2.24) is 5.43 Å².